The van der Waals surface area contributed by atoms with Crippen molar-refractivity contribution in [2.75, 3.05) is 39.0 Å². The van der Waals surface area contributed by atoms with Gasteiger partial charge in [0.05, 0.1) is 0 Å². The van der Waals surface area contributed by atoms with Crippen molar-refractivity contribution in [3.8, 4) is 0 Å². The predicted octanol–water partition coefficient (Wildman–Crippen LogP) is 3.41. The average Bonchev–Trinajstić information content (AvgIpc) is 3.02. The molecule has 4 nitrogen and oxygen atoms in total. The number of amides is 1. The van der Waals surface area contributed by atoms with E-state index in [0.29, 0.717) is 0 Å². The monoisotopic (exact) mass is 367 g/mol. The van der Waals surface area contributed by atoms with Crippen molar-refractivity contribution in [1.82, 2.24) is 9.80 Å². The molecular formula is C22H26FN3O. The van der Waals surface area contributed by atoms with E-state index in [1.165, 1.54) is 23.4 Å². The van der Waals surface area contributed by atoms with E-state index in [1.54, 1.807) is 12.1 Å². The Balaban J connectivity index is 1.50. The zero-order valence-corrected chi connectivity index (χ0v) is 15.9. The lowest BCUT2D eigenvalue weighted by molar-refractivity contribution is -0.138. The largest absolute Gasteiger partial charge is 0.384 e. The molecule has 1 saturated heterocycles. The third-order valence-corrected chi connectivity index (χ3v) is 6.08. The molecule has 0 aliphatic carbocycles. The van der Waals surface area contributed by atoms with Gasteiger partial charge in [0.25, 0.3) is 0 Å². The van der Waals surface area contributed by atoms with Crippen molar-refractivity contribution in [3.63, 3.8) is 0 Å². The first-order valence-electron chi connectivity index (χ1n) is 9.54. The third kappa shape index (κ3) is 3.21. The molecule has 2 aliphatic rings. The number of benzene rings is 2. The molecule has 4 rings (SSSR count). The van der Waals surface area contributed by atoms with E-state index >= 15 is 0 Å². The molecule has 2 aliphatic heterocycles. The molecule has 1 spiro atoms. The van der Waals surface area contributed by atoms with Crippen molar-refractivity contribution in [3.05, 3.63) is 65.5 Å². The van der Waals surface area contributed by atoms with E-state index in [9.17, 15) is 9.18 Å². The molecule has 1 fully saturated rings. The van der Waals surface area contributed by atoms with Gasteiger partial charge in [-0.2, -0.15) is 0 Å². The van der Waals surface area contributed by atoms with Crippen LogP contribution in [0.25, 0.3) is 0 Å². The fourth-order valence-corrected chi connectivity index (χ4v) is 4.54. The maximum atomic E-state index is 13.3. The summed E-state index contributed by atoms with van der Waals surface area (Å²) in [5, 5.41) is 3.53. The molecule has 27 heavy (non-hydrogen) atoms. The highest BCUT2D eigenvalue weighted by molar-refractivity contribution is 5.83. The molecular weight excluding hydrogens is 341 g/mol. The van der Waals surface area contributed by atoms with Crippen LogP contribution in [0.15, 0.2) is 48.5 Å². The van der Waals surface area contributed by atoms with Crippen LogP contribution >= 0.6 is 0 Å². The molecule has 1 N–H and O–H groups in total. The van der Waals surface area contributed by atoms with Crippen LogP contribution in [-0.4, -0.2) is 49.4 Å². The minimum absolute atomic E-state index is 0.0979. The molecule has 1 amide bonds. The molecule has 1 unspecified atom stereocenters. The SMILES string of the molecule is CN(C)C(C(=O)N1CCC2(CC1)CNc1ccccc12)c1ccc(F)cc1. The highest BCUT2D eigenvalue weighted by Gasteiger charge is 2.43. The number of likely N-dealkylation sites (N-methyl/N-ethyl adjacent to an activating group) is 1. The van der Waals surface area contributed by atoms with Crippen molar-refractivity contribution in [2.45, 2.75) is 24.3 Å². The number of likely N-dealkylation sites (tertiary alicyclic amines) is 1. The van der Waals surface area contributed by atoms with Gasteiger partial charge >= 0.3 is 0 Å². The zero-order valence-electron chi connectivity index (χ0n) is 15.9. The van der Waals surface area contributed by atoms with Crippen LogP contribution in [0.3, 0.4) is 0 Å². The molecule has 0 saturated carbocycles. The van der Waals surface area contributed by atoms with E-state index in [0.717, 1.165) is 38.0 Å². The predicted molar refractivity (Wildman–Crippen MR) is 105 cm³/mol. The Morgan fingerprint density at radius 3 is 2.44 bits per heavy atom. The topological polar surface area (TPSA) is 35.6 Å². The Labute approximate surface area is 160 Å². The minimum Gasteiger partial charge on any atom is -0.384 e. The maximum absolute atomic E-state index is 13.3. The van der Waals surface area contributed by atoms with Gasteiger partial charge in [0.2, 0.25) is 5.91 Å². The molecule has 5 heteroatoms. The lowest BCUT2D eigenvalue weighted by Crippen LogP contribution is -2.49. The van der Waals surface area contributed by atoms with Crippen LogP contribution in [0.4, 0.5) is 10.1 Å². The number of carbonyl (C=O) groups excluding carboxylic acids is 1. The van der Waals surface area contributed by atoms with Crippen LogP contribution in [0, 0.1) is 5.82 Å². The highest BCUT2D eigenvalue weighted by Crippen LogP contribution is 2.44. The summed E-state index contributed by atoms with van der Waals surface area (Å²) in [6, 6.07) is 14.4. The molecule has 2 aromatic rings. The fourth-order valence-electron chi connectivity index (χ4n) is 4.54. The Hall–Kier alpha value is -2.40. The summed E-state index contributed by atoms with van der Waals surface area (Å²) in [7, 11) is 3.79. The summed E-state index contributed by atoms with van der Waals surface area (Å²) in [5.74, 6) is -0.184. The number of fused-ring (bicyclic) bond motifs is 2. The fraction of sp³-hybridized carbons (Fsp3) is 0.409. The molecule has 2 aromatic carbocycles. The van der Waals surface area contributed by atoms with E-state index in [2.05, 4.69) is 29.6 Å². The molecule has 142 valence electrons. The van der Waals surface area contributed by atoms with Gasteiger partial charge in [-0.25, -0.2) is 4.39 Å². The molecule has 0 aromatic heterocycles. The Bertz CT molecular complexity index is 826. The molecule has 1 atom stereocenters. The first-order chi connectivity index (χ1) is 13.0. The first kappa shape index (κ1) is 18.0. The second-order valence-corrected chi connectivity index (χ2v) is 7.92. The second kappa shape index (κ2) is 6.97. The number of carbonyl (C=O) groups is 1. The van der Waals surface area contributed by atoms with E-state index < -0.39 is 0 Å². The van der Waals surface area contributed by atoms with Crippen LogP contribution < -0.4 is 5.32 Å². The smallest absolute Gasteiger partial charge is 0.244 e. The number of piperidine rings is 1. The number of halogens is 1. The number of nitrogens with zero attached hydrogens (tertiary/aromatic N) is 2. The van der Waals surface area contributed by atoms with Crippen molar-refractivity contribution >= 4 is 11.6 Å². The van der Waals surface area contributed by atoms with Crippen LogP contribution in [0.2, 0.25) is 0 Å². The van der Waals surface area contributed by atoms with Crippen molar-refractivity contribution in [1.29, 1.82) is 0 Å². The standard InChI is InChI=1S/C22H26FN3O/c1-25(2)20(16-7-9-17(23)10-8-16)21(27)26-13-11-22(12-14-26)15-24-19-6-4-3-5-18(19)22/h3-10,20,24H,11-15H2,1-2H3. The zero-order chi connectivity index (χ0) is 19.0. The first-order valence-corrected chi connectivity index (χ1v) is 9.54. The van der Waals surface area contributed by atoms with Crippen molar-refractivity contribution in [2.24, 2.45) is 0 Å². The molecule has 2 heterocycles. The van der Waals surface area contributed by atoms with Gasteiger partial charge in [-0.3, -0.25) is 9.69 Å². The number of hydrogen-bond acceptors (Lipinski definition) is 3. The van der Waals surface area contributed by atoms with E-state index in [-0.39, 0.29) is 23.2 Å². The number of para-hydroxylation sites is 1. The van der Waals surface area contributed by atoms with Crippen molar-refractivity contribution < 1.29 is 9.18 Å². The van der Waals surface area contributed by atoms with Gasteiger partial charge in [-0.05, 0) is 56.3 Å². The van der Waals surface area contributed by atoms with Crippen LogP contribution in [0.1, 0.15) is 30.0 Å². The van der Waals surface area contributed by atoms with Gasteiger partial charge in [0.1, 0.15) is 11.9 Å². The van der Waals surface area contributed by atoms with Crippen LogP contribution in [-0.2, 0) is 10.2 Å². The summed E-state index contributed by atoms with van der Waals surface area (Å²) in [6.07, 6.45) is 1.93. The van der Waals surface area contributed by atoms with E-state index in [1.807, 2.05) is 23.9 Å². The van der Waals surface area contributed by atoms with E-state index in [4.69, 9.17) is 0 Å². The normalized spacial score (nSPS) is 19.0. The minimum atomic E-state index is -0.381. The molecule has 0 radical (unpaired) electrons. The lowest BCUT2D eigenvalue weighted by atomic mass is 9.74. The summed E-state index contributed by atoms with van der Waals surface area (Å²) in [6.45, 7) is 2.45. The summed E-state index contributed by atoms with van der Waals surface area (Å²) < 4.78 is 13.3. The number of nitrogens with one attached hydrogen (secondary N) is 1. The maximum Gasteiger partial charge on any atom is 0.244 e. The summed E-state index contributed by atoms with van der Waals surface area (Å²) >= 11 is 0. The average molecular weight is 367 g/mol. The Morgan fingerprint density at radius 1 is 1.11 bits per heavy atom. The van der Waals surface area contributed by atoms with Gasteiger partial charge in [-0.15, -0.1) is 0 Å². The summed E-state index contributed by atoms with van der Waals surface area (Å²) in [4.78, 5) is 17.1. The number of rotatable bonds is 3. The third-order valence-electron chi connectivity index (χ3n) is 6.08. The number of hydrogen-bond donors (Lipinski definition) is 1. The van der Waals surface area contributed by atoms with Gasteiger partial charge in [0.15, 0.2) is 0 Å². The van der Waals surface area contributed by atoms with Gasteiger partial charge in [-0.1, -0.05) is 30.3 Å². The Morgan fingerprint density at radius 2 is 1.78 bits per heavy atom. The van der Waals surface area contributed by atoms with Gasteiger partial charge < -0.3 is 10.2 Å². The summed E-state index contributed by atoms with van der Waals surface area (Å²) in [5.41, 5.74) is 3.59. The van der Waals surface area contributed by atoms with Gasteiger partial charge in [0, 0.05) is 30.7 Å². The second-order valence-electron chi connectivity index (χ2n) is 7.92. The Kier molecular flexibility index (Phi) is 4.64. The number of anilines is 1. The van der Waals surface area contributed by atoms with Crippen LogP contribution in [0.5, 0.6) is 0 Å². The quantitative estimate of drug-likeness (QED) is 0.903. The highest BCUT2D eigenvalue weighted by atomic mass is 19.1. The lowest BCUT2D eigenvalue weighted by Gasteiger charge is -2.41. The molecule has 0 bridgehead atoms.